The molecule has 72 valence electrons. The maximum absolute atomic E-state index is 10.3. The summed E-state index contributed by atoms with van der Waals surface area (Å²) in [5.74, 6) is 0.399. The number of hydrogen-bond donors (Lipinski definition) is 1. The lowest BCUT2D eigenvalue weighted by Crippen LogP contribution is -2.40. The Hall–Kier alpha value is -1.50. The first-order valence-electron chi connectivity index (χ1n) is 4.47. The number of aliphatic hydroxyl groups is 1. The van der Waals surface area contributed by atoms with Crippen LogP contribution in [0.1, 0.15) is 11.1 Å². The minimum absolute atomic E-state index is 0.399. The Balaban J connectivity index is 2.46. The molecule has 1 aliphatic rings. The van der Waals surface area contributed by atoms with Crippen LogP contribution < -0.4 is 0 Å². The van der Waals surface area contributed by atoms with E-state index < -0.39 is 5.60 Å². The lowest BCUT2D eigenvalue weighted by Gasteiger charge is -2.39. The van der Waals surface area contributed by atoms with Gasteiger partial charge in [0.05, 0.1) is 7.11 Å². The second-order valence-electron chi connectivity index (χ2n) is 3.40. The van der Waals surface area contributed by atoms with Gasteiger partial charge in [0, 0.05) is 6.42 Å². The highest BCUT2D eigenvalue weighted by molar-refractivity contribution is 5.47. The molecule has 0 radical (unpaired) electrons. The molecule has 1 unspecified atom stereocenters. The van der Waals surface area contributed by atoms with Gasteiger partial charge in [-0.1, -0.05) is 36.6 Å². The van der Waals surface area contributed by atoms with Gasteiger partial charge in [0.1, 0.15) is 0 Å². The monoisotopic (exact) mass is 188 g/mol. The molecule has 0 aliphatic heterocycles. The fraction of sp³-hybridized carbons (Fsp3) is 0.250. The second kappa shape index (κ2) is 3.02. The Labute approximate surface area is 83.1 Å². The predicted octanol–water partition coefficient (Wildman–Crippen LogP) is 1.75. The van der Waals surface area contributed by atoms with Crippen LogP contribution in [0.2, 0.25) is 0 Å². The molecule has 0 amide bonds. The smallest absolute Gasteiger partial charge is 0.174 e. The van der Waals surface area contributed by atoms with Crippen molar-refractivity contribution in [1.29, 1.82) is 0 Å². The van der Waals surface area contributed by atoms with E-state index in [1.54, 1.807) is 0 Å². The zero-order valence-corrected chi connectivity index (χ0v) is 8.08. The highest BCUT2D eigenvalue weighted by atomic mass is 16.5. The molecule has 2 rings (SSSR count). The molecule has 1 aromatic carbocycles. The largest absolute Gasteiger partial charge is 0.490 e. The molecule has 2 heteroatoms. The van der Waals surface area contributed by atoms with Gasteiger partial charge < -0.3 is 9.84 Å². The van der Waals surface area contributed by atoms with E-state index in [4.69, 9.17) is 4.74 Å². The van der Waals surface area contributed by atoms with Gasteiger partial charge in [0.2, 0.25) is 0 Å². The number of fused-ring (bicyclic) bond motifs is 1. The van der Waals surface area contributed by atoms with Crippen molar-refractivity contribution in [3.8, 4) is 0 Å². The standard InChI is InChI=1S/C12H12O2/c1-3-11(14-2)12(13)8-9-6-4-5-7-10(9)12/h4-7,13H,1,8H2,2H3. The molecule has 0 heterocycles. The van der Waals surface area contributed by atoms with Crippen LogP contribution in [0.15, 0.2) is 42.3 Å². The minimum Gasteiger partial charge on any atom is -0.490 e. The average Bonchev–Trinajstić information content (AvgIpc) is 2.18. The molecular weight excluding hydrogens is 176 g/mol. The average molecular weight is 188 g/mol. The number of rotatable bonds is 2. The van der Waals surface area contributed by atoms with Crippen LogP contribution in [0.4, 0.5) is 0 Å². The maximum atomic E-state index is 10.3. The van der Waals surface area contributed by atoms with Crippen molar-refractivity contribution in [1.82, 2.24) is 0 Å². The topological polar surface area (TPSA) is 29.5 Å². The van der Waals surface area contributed by atoms with Crippen LogP contribution in [-0.2, 0) is 16.8 Å². The fourth-order valence-corrected chi connectivity index (χ4v) is 1.93. The van der Waals surface area contributed by atoms with Gasteiger partial charge in [0.15, 0.2) is 11.4 Å². The summed E-state index contributed by atoms with van der Waals surface area (Å²) in [6, 6.07) is 7.76. The summed E-state index contributed by atoms with van der Waals surface area (Å²) < 4.78 is 5.06. The maximum Gasteiger partial charge on any atom is 0.174 e. The third kappa shape index (κ3) is 1.02. The molecule has 0 saturated heterocycles. The van der Waals surface area contributed by atoms with Gasteiger partial charge in [-0.3, -0.25) is 0 Å². The molecule has 1 N–H and O–H groups in total. The minimum atomic E-state index is -1.01. The molecule has 0 aromatic heterocycles. The molecule has 0 spiro atoms. The normalized spacial score (nSPS) is 23.0. The Morgan fingerprint density at radius 1 is 1.57 bits per heavy atom. The van der Waals surface area contributed by atoms with Crippen LogP contribution in [-0.4, -0.2) is 12.2 Å². The predicted molar refractivity (Wildman–Crippen MR) is 53.7 cm³/mol. The summed E-state index contributed by atoms with van der Waals surface area (Å²) in [5, 5.41) is 10.3. The van der Waals surface area contributed by atoms with Crippen molar-refractivity contribution >= 4 is 0 Å². The number of methoxy groups -OCH3 is 1. The van der Waals surface area contributed by atoms with E-state index >= 15 is 0 Å². The van der Waals surface area contributed by atoms with Crippen LogP contribution in [0.3, 0.4) is 0 Å². The molecular formula is C12H12O2. The molecule has 0 fully saturated rings. The van der Waals surface area contributed by atoms with Crippen molar-refractivity contribution in [3.63, 3.8) is 0 Å². The Bertz CT molecular complexity index is 416. The van der Waals surface area contributed by atoms with E-state index in [0.29, 0.717) is 12.2 Å². The summed E-state index contributed by atoms with van der Waals surface area (Å²) >= 11 is 0. The number of benzene rings is 1. The van der Waals surface area contributed by atoms with Gasteiger partial charge >= 0.3 is 0 Å². The third-order valence-corrected chi connectivity index (χ3v) is 2.65. The number of ether oxygens (including phenoxy) is 1. The first-order valence-corrected chi connectivity index (χ1v) is 4.47. The van der Waals surface area contributed by atoms with Crippen molar-refractivity contribution in [2.45, 2.75) is 12.0 Å². The van der Waals surface area contributed by atoms with Gasteiger partial charge in [-0.2, -0.15) is 0 Å². The van der Waals surface area contributed by atoms with E-state index in [1.165, 1.54) is 7.11 Å². The molecule has 1 aromatic rings. The first kappa shape index (κ1) is 9.07. The Kier molecular flexibility index (Phi) is 1.95. The SMILES string of the molecule is C=C=C(OC)C1(O)Cc2ccccc21. The molecule has 0 saturated carbocycles. The van der Waals surface area contributed by atoms with Gasteiger partial charge in [-0.15, -0.1) is 0 Å². The van der Waals surface area contributed by atoms with Crippen molar-refractivity contribution in [3.05, 3.63) is 53.5 Å². The quantitative estimate of drug-likeness (QED) is 0.566. The van der Waals surface area contributed by atoms with Gasteiger partial charge in [-0.25, -0.2) is 0 Å². The van der Waals surface area contributed by atoms with Crippen LogP contribution in [0.5, 0.6) is 0 Å². The summed E-state index contributed by atoms with van der Waals surface area (Å²) in [7, 11) is 1.52. The molecule has 0 bridgehead atoms. The Morgan fingerprint density at radius 2 is 2.29 bits per heavy atom. The van der Waals surface area contributed by atoms with Gasteiger partial charge in [-0.05, 0) is 11.1 Å². The highest BCUT2D eigenvalue weighted by Crippen LogP contribution is 2.43. The van der Waals surface area contributed by atoms with E-state index in [9.17, 15) is 5.11 Å². The zero-order chi connectivity index (χ0) is 10.2. The molecule has 14 heavy (non-hydrogen) atoms. The summed E-state index contributed by atoms with van der Waals surface area (Å²) in [6.07, 6.45) is 0.578. The molecule has 1 atom stereocenters. The summed E-state index contributed by atoms with van der Waals surface area (Å²) in [4.78, 5) is 0. The van der Waals surface area contributed by atoms with E-state index in [-0.39, 0.29) is 0 Å². The van der Waals surface area contributed by atoms with Crippen molar-refractivity contribution in [2.75, 3.05) is 7.11 Å². The van der Waals surface area contributed by atoms with Crippen molar-refractivity contribution in [2.24, 2.45) is 0 Å². The van der Waals surface area contributed by atoms with E-state index in [1.807, 2.05) is 24.3 Å². The summed E-state index contributed by atoms with van der Waals surface area (Å²) in [5.41, 5.74) is 3.67. The molecule has 2 nitrogen and oxygen atoms in total. The van der Waals surface area contributed by atoms with Gasteiger partial charge in [0.25, 0.3) is 0 Å². The van der Waals surface area contributed by atoms with Crippen LogP contribution >= 0.6 is 0 Å². The molecule has 1 aliphatic carbocycles. The van der Waals surface area contributed by atoms with E-state index in [0.717, 1.165) is 11.1 Å². The number of hydrogen-bond acceptors (Lipinski definition) is 2. The Morgan fingerprint density at radius 3 is 2.86 bits per heavy atom. The highest BCUT2D eigenvalue weighted by Gasteiger charge is 2.45. The van der Waals surface area contributed by atoms with Crippen molar-refractivity contribution < 1.29 is 9.84 Å². The third-order valence-electron chi connectivity index (χ3n) is 2.65. The first-order chi connectivity index (χ1) is 6.72. The zero-order valence-electron chi connectivity index (χ0n) is 8.08. The second-order valence-corrected chi connectivity index (χ2v) is 3.40. The van der Waals surface area contributed by atoms with Crippen LogP contribution in [0.25, 0.3) is 0 Å². The fourth-order valence-electron chi connectivity index (χ4n) is 1.93. The lowest BCUT2D eigenvalue weighted by atomic mass is 9.72. The van der Waals surface area contributed by atoms with E-state index in [2.05, 4.69) is 12.3 Å². The summed E-state index contributed by atoms with van der Waals surface area (Å²) in [6.45, 7) is 3.51. The van der Waals surface area contributed by atoms with Crippen LogP contribution in [0, 0.1) is 0 Å². The lowest BCUT2D eigenvalue weighted by molar-refractivity contribution is -0.000550.